The van der Waals surface area contributed by atoms with Gasteiger partial charge in [-0.1, -0.05) is 0 Å². The molecule has 1 amide bonds. The second kappa shape index (κ2) is 7.61. The van der Waals surface area contributed by atoms with Gasteiger partial charge >= 0.3 is 0 Å². The zero-order chi connectivity index (χ0) is 19.8. The van der Waals surface area contributed by atoms with E-state index in [-0.39, 0.29) is 43.8 Å². The molecule has 0 N–H and O–H groups in total. The molecule has 3 aliphatic rings. The maximum Gasteiger partial charge on any atom is 0.260 e. The minimum Gasteiger partial charge on any atom is -0.484 e. The van der Waals surface area contributed by atoms with Crippen LogP contribution < -0.4 is 4.74 Å². The minimum atomic E-state index is -3.26. The van der Waals surface area contributed by atoms with Crippen LogP contribution in [0, 0.1) is 5.82 Å². The van der Waals surface area contributed by atoms with Crippen LogP contribution in [-0.4, -0.2) is 86.7 Å². The molecule has 0 bridgehead atoms. The van der Waals surface area contributed by atoms with Gasteiger partial charge in [0, 0.05) is 6.54 Å². The second-order valence-corrected chi connectivity index (χ2v) is 10.2. The van der Waals surface area contributed by atoms with Crippen molar-refractivity contribution in [1.82, 2.24) is 9.80 Å². The molecule has 4 rings (SSSR count). The van der Waals surface area contributed by atoms with E-state index < -0.39 is 20.7 Å². The Morgan fingerprint density at radius 1 is 1.21 bits per heavy atom. The molecular formula is C19H25FN2O5S. The lowest BCUT2D eigenvalue weighted by Gasteiger charge is -2.52. The highest BCUT2D eigenvalue weighted by atomic mass is 32.2. The number of rotatable bonds is 5. The fourth-order valence-electron chi connectivity index (χ4n) is 4.09. The number of hydrogen-bond donors (Lipinski definition) is 0. The number of likely N-dealkylation sites (tertiary alicyclic amines) is 2. The number of ether oxygens (including phenoxy) is 2. The molecule has 3 heterocycles. The van der Waals surface area contributed by atoms with Gasteiger partial charge in [-0.2, -0.15) is 0 Å². The highest BCUT2D eigenvalue weighted by Crippen LogP contribution is 2.33. The Labute approximate surface area is 164 Å². The summed E-state index contributed by atoms with van der Waals surface area (Å²) < 4.78 is 49.6. The maximum atomic E-state index is 12.9. The van der Waals surface area contributed by atoms with E-state index >= 15 is 0 Å². The number of carbonyl (C=O) groups is 1. The SMILES string of the molecule is O=C(COc1ccc(F)cc1)N1CC2(C1)CS(=O)(=O)[C@@H](CN1CCCC1)CO2. The number of amides is 1. The number of benzene rings is 1. The Bertz CT molecular complexity index is 817. The first-order valence-electron chi connectivity index (χ1n) is 9.59. The van der Waals surface area contributed by atoms with Crippen molar-refractivity contribution in [2.24, 2.45) is 0 Å². The third-order valence-corrected chi connectivity index (χ3v) is 7.92. The summed E-state index contributed by atoms with van der Waals surface area (Å²) in [6, 6.07) is 5.44. The van der Waals surface area contributed by atoms with E-state index in [2.05, 4.69) is 4.90 Å². The lowest BCUT2D eigenvalue weighted by Crippen LogP contribution is -2.71. The molecule has 3 saturated heterocycles. The maximum absolute atomic E-state index is 12.9. The molecule has 1 aromatic rings. The van der Waals surface area contributed by atoms with Gasteiger partial charge in [0.25, 0.3) is 5.91 Å². The normalized spacial score (nSPS) is 26.2. The van der Waals surface area contributed by atoms with Gasteiger partial charge in [-0.3, -0.25) is 4.79 Å². The van der Waals surface area contributed by atoms with Gasteiger partial charge in [-0.15, -0.1) is 0 Å². The monoisotopic (exact) mass is 412 g/mol. The first-order valence-corrected chi connectivity index (χ1v) is 11.3. The lowest BCUT2D eigenvalue weighted by atomic mass is 9.95. The molecule has 3 aliphatic heterocycles. The first-order chi connectivity index (χ1) is 13.4. The predicted molar refractivity (Wildman–Crippen MR) is 100 cm³/mol. The molecule has 1 aromatic carbocycles. The molecule has 28 heavy (non-hydrogen) atoms. The highest BCUT2D eigenvalue weighted by Gasteiger charge is 2.53. The fraction of sp³-hybridized carbons (Fsp3) is 0.632. The van der Waals surface area contributed by atoms with Gasteiger partial charge in [0.2, 0.25) is 0 Å². The summed E-state index contributed by atoms with van der Waals surface area (Å²) in [5, 5.41) is -0.484. The molecule has 9 heteroatoms. The number of hydrogen-bond acceptors (Lipinski definition) is 6. The van der Waals surface area contributed by atoms with Gasteiger partial charge in [-0.25, -0.2) is 12.8 Å². The van der Waals surface area contributed by atoms with E-state index in [1.54, 1.807) is 4.90 Å². The molecular weight excluding hydrogens is 387 g/mol. The number of sulfone groups is 1. The van der Waals surface area contributed by atoms with Gasteiger partial charge in [0.15, 0.2) is 16.4 Å². The Balaban J connectivity index is 1.26. The zero-order valence-electron chi connectivity index (χ0n) is 15.7. The molecule has 3 fully saturated rings. The number of carbonyl (C=O) groups excluding carboxylic acids is 1. The standard InChI is InChI=1S/C19H25FN2O5S/c20-15-3-5-16(6-4-15)26-11-18(23)22-12-19(13-22)14-28(24,25)17(10-27-19)9-21-7-1-2-8-21/h3-6,17H,1-2,7-14H2/t17-/m0/s1. The van der Waals surface area contributed by atoms with Crippen molar-refractivity contribution in [3.05, 3.63) is 30.1 Å². The van der Waals surface area contributed by atoms with Crippen LogP contribution in [0.1, 0.15) is 12.8 Å². The lowest BCUT2D eigenvalue weighted by molar-refractivity contribution is -0.167. The third-order valence-electron chi connectivity index (χ3n) is 5.69. The van der Waals surface area contributed by atoms with E-state index in [4.69, 9.17) is 9.47 Å². The van der Waals surface area contributed by atoms with Crippen LogP contribution in [-0.2, 0) is 19.4 Å². The van der Waals surface area contributed by atoms with Crippen molar-refractivity contribution < 1.29 is 27.1 Å². The molecule has 0 radical (unpaired) electrons. The van der Waals surface area contributed by atoms with Crippen molar-refractivity contribution in [3.8, 4) is 5.75 Å². The van der Waals surface area contributed by atoms with Gasteiger partial charge in [0.05, 0.1) is 30.7 Å². The van der Waals surface area contributed by atoms with Crippen molar-refractivity contribution in [2.45, 2.75) is 23.7 Å². The van der Waals surface area contributed by atoms with E-state index in [1.165, 1.54) is 24.3 Å². The third kappa shape index (κ3) is 4.16. The number of nitrogens with zero attached hydrogens (tertiary/aromatic N) is 2. The molecule has 1 atom stereocenters. The predicted octanol–water partition coefficient (Wildman–Crippen LogP) is 0.695. The van der Waals surface area contributed by atoms with Gasteiger partial charge in [-0.05, 0) is 50.2 Å². The smallest absolute Gasteiger partial charge is 0.260 e. The molecule has 0 saturated carbocycles. The highest BCUT2D eigenvalue weighted by molar-refractivity contribution is 7.92. The van der Waals surface area contributed by atoms with Crippen LogP contribution in [0.5, 0.6) is 5.75 Å². The van der Waals surface area contributed by atoms with Crippen molar-refractivity contribution in [3.63, 3.8) is 0 Å². The Hall–Kier alpha value is -1.71. The minimum absolute atomic E-state index is 0.0406. The average Bonchev–Trinajstić information content (AvgIpc) is 3.13. The van der Waals surface area contributed by atoms with Crippen LogP contribution in [0.3, 0.4) is 0 Å². The molecule has 0 aromatic heterocycles. The summed E-state index contributed by atoms with van der Waals surface area (Å²) in [5.41, 5.74) is -0.786. The van der Waals surface area contributed by atoms with Crippen LogP contribution >= 0.6 is 0 Å². The molecule has 1 spiro atoms. The Morgan fingerprint density at radius 2 is 1.89 bits per heavy atom. The van der Waals surface area contributed by atoms with Crippen molar-refractivity contribution in [2.75, 3.05) is 51.7 Å². The van der Waals surface area contributed by atoms with Crippen LogP contribution in [0.2, 0.25) is 0 Å². The number of halogens is 1. The topological polar surface area (TPSA) is 76.2 Å². The zero-order valence-corrected chi connectivity index (χ0v) is 16.5. The molecule has 0 unspecified atom stereocenters. The van der Waals surface area contributed by atoms with Gasteiger partial charge < -0.3 is 19.3 Å². The largest absolute Gasteiger partial charge is 0.484 e. The summed E-state index contributed by atoms with van der Waals surface area (Å²) >= 11 is 0. The average molecular weight is 412 g/mol. The fourth-order valence-corrected chi connectivity index (χ4v) is 6.04. The Kier molecular flexibility index (Phi) is 5.32. The van der Waals surface area contributed by atoms with E-state index in [9.17, 15) is 17.6 Å². The van der Waals surface area contributed by atoms with Crippen molar-refractivity contribution >= 4 is 15.7 Å². The summed E-state index contributed by atoms with van der Waals surface area (Å²) in [5.74, 6) is -0.246. The van der Waals surface area contributed by atoms with Crippen molar-refractivity contribution in [1.29, 1.82) is 0 Å². The summed E-state index contributed by atoms with van der Waals surface area (Å²) in [4.78, 5) is 16.0. The van der Waals surface area contributed by atoms with E-state index in [1.807, 2.05) is 0 Å². The van der Waals surface area contributed by atoms with E-state index in [0.717, 1.165) is 25.9 Å². The molecule has 154 valence electrons. The quantitative estimate of drug-likeness (QED) is 0.709. The van der Waals surface area contributed by atoms with E-state index in [0.29, 0.717) is 12.3 Å². The first kappa shape index (κ1) is 19.6. The molecule has 7 nitrogen and oxygen atoms in total. The summed E-state index contributed by atoms with van der Waals surface area (Å²) in [7, 11) is -3.26. The van der Waals surface area contributed by atoms with Crippen LogP contribution in [0.25, 0.3) is 0 Å². The van der Waals surface area contributed by atoms with Crippen LogP contribution in [0.15, 0.2) is 24.3 Å². The molecule has 0 aliphatic carbocycles. The van der Waals surface area contributed by atoms with Crippen LogP contribution in [0.4, 0.5) is 4.39 Å². The summed E-state index contributed by atoms with van der Waals surface area (Å²) in [6.07, 6.45) is 2.24. The van der Waals surface area contributed by atoms with Gasteiger partial charge in [0.1, 0.15) is 17.2 Å². The second-order valence-electron chi connectivity index (χ2n) is 7.92. The Morgan fingerprint density at radius 3 is 2.54 bits per heavy atom. The summed E-state index contributed by atoms with van der Waals surface area (Å²) in [6.45, 7) is 2.97.